The lowest BCUT2D eigenvalue weighted by atomic mass is 10.0. The number of hydrogen-bond donors (Lipinski definition) is 0. The van der Waals surface area contributed by atoms with Gasteiger partial charge in [-0.15, -0.1) is 0 Å². The molecule has 1 heterocycles. The van der Waals surface area contributed by atoms with Gasteiger partial charge in [-0.25, -0.2) is 9.13 Å². The van der Waals surface area contributed by atoms with Crippen molar-refractivity contribution in [2.45, 2.75) is 259 Å². The van der Waals surface area contributed by atoms with Crippen LogP contribution in [0.4, 0.5) is 0 Å². The summed E-state index contributed by atoms with van der Waals surface area (Å²) in [5.41, 5.74) is 0. The molecule has 0 aliphatic rings. The van der Waals surface area contributed by atoms with Crippen LogP contribution in [0.3, 0.4) is 0 Å². The fraction of sp³-hybridized carbons (Fsp3) is 0.930. The maximum Gasteiger partial charge on any atom is 0.256 e. The van der Waals surface area contributed by atoms with E-state index in [2.05, 4.69) is 42.3 Å². The topological polar surface area (TPSA) is 8.81 Å². The Morgan fingerprint density at radius 1 is 0.378 bits per heavy atom. The van der Waals surface area contributed by atoms with Gasteiger partial charge >= 0.3 is 0 Å². The van der Waals surface area contributed by atoms with Crippen LogP contribution in [0.5, 0.6) is 0 Å². The molecule has 0 spiro atoms. The molecule has 1 aromatic rings. The molecule has 1 aromatic heterocycles. The summed E-state index contributed by atoms with van der Waals surface area (Å²) in [5, 5.41) is 0. The Morgan fingerprint density at radius 2 is 0.689 bits per heavy atom. The molecule has 0 amide bonds. The van der Waals surface area contributed by atoms with E-state index in [-0.39, 0.29) is 0 Å². The summed E-state index contributed by atoms with van der Waals surface area (Å²) >= 11 is 0. The summed E-state index contributed by atoms with van der Waals surface area (Å²) < 4.78 is 5.28. The zero-order valence-corrected chi connectivity index (χ0v) is 31.7. The number of unbranched alkanes of at least 4 members (excludes halogenated alkanes) is 31. The average Bonchev–Trinajstić information content (AvgIpc) is 3.43. The van der Waals surface area contributed by atoms with Crippen molar-refractivity contribution in [1.82, 2.24) is 4.57 Å². The normalized spacial score (nSPS) is 11.6. The van der Waals surface area contributed by atoms with Gasteiger partial charge in [0.25, 0.3) is 5.82 Å². The first-order valence-corrected chi connectivity index (χ1v) is 21.4. The number of imidazole rings is 1. The summed E-state index contributed by atoms with van der Waals surface area (Å²) in [4.78, 5) is 0. The Hall–Kier alpha value is -0.790. The molecule has 0 aliphatic heterocycles. The zero-order chi connectivity index (χ0) is 32.3. The van der Waals surface area contributed by atoms with Crippen molar-refractivity contribution >= 4 is 0 Å². The Kier molecular flexibility index (Phi) is 32.4. The van der Waals surface area contributed by atoms with E-state index in [4.69, 9.17) is 0 Å². The summed E-state index contributed by atoms with van der Waals surface area (Å²) in [7, 11) is 0. The minimum absolute atomic E-state index is 1.23. The van der Waals surface area contributed by atoms with Crippen LogP contribution in [-0.2, 0) is 19.5 Å². The van der Waals surface area contributed by atoms with E-state index in [1.807, 2.05) is 0 Å². The Labute approximate surface area is 285 Å². The van der Waals surface area contributed by atoms with Crippen LogP contribution in [-0.4, -0.2) is 4.57 Å². The molecule has 0 atom stereocenters. The summed E-state index contributed by atoms with van der Waals surface area (Å²) in [5.74, 6) is 1.63. The smallest absolute Gasteiger partial charge is 0.234 e. The first-order valence-electron chi connectivity index (χ1n) is 21.4. The molecule has 0 saturated heterocycles. The lowest BCUT2D eigenvalue weighted by Gasteiger charge is -2.07. The predicted molar refractivity (Wildman–Crippen MR) is 202 cm³/mol. The van der Waals surface area contributed by atoms with Crippen LogP contribution in [0.1, 0.15) is 245 Å². The number of hydrogen-bond acceptors (Lipinski definition) is 0. The second kappa shape index (κ2) is 34.5. The lowest BCUT2D eigenvalue weighted by molar-refractivity contribution is -0.704. The second-order valence-electron chi connectivity index (χ2n) is 14.8. The minimum atomic E-state index is 1.23. The van der Waals surface area contributed by atoms with E-state index >= 15 is 0 Å². The van der Waals surface area contributed by atoms with Gasteiger partial charge in [0.2, 0.25) is 0 Å². The third-order valence-electron chi connectivity index (χ3n) is 10.3. The lowest BCUT2D eigenvalue weighted by Crippen LogP contribution is -2.37. The molecule has 0 saturated carbocycles. The first-order chi connectivity index (χ1) is 22.3. The van der Waals surface area contributed by atoms with E-state index in [0.717, 1.165) is 0 Å². The maximum absolute atomic E-state index is 2.64. The molecule has 0 bridgehead atoms. The van der Waals surface area contributed by atoms with E-state index in [1.54, 1.807) is 5.82 Å². The number of nitrogens with zero attached hydrogens (tertiary/aromatic N) is 2. The molecule has 0 radical (unpaired) electrons. The fourth-order valence-corrected chi connectivity index (χ4v) is 7.21. The van der Waals surface area contributed by atoms with Crippen LogP contribution >= 0.6 is 0 Å². The van der Waals surface area contributed by atoms with E-state index in [1.165, 1.54) is 238 Å². The molecule has 0 aliphatic carbocycles. The van der Waals surface area contributed by atoms with E-state index < -0.39 is 0 Å². The van der Waals surface area contributed by atoms with Crippen LogP contribution in [0, 0.1) is 0 Å². The molecular weight excluding hydrogens is 544 g/mol. The molecule has 266 valence electrons. The molecule has 2 heteroatoms. The fourth-order valence-electron chi connectivity index (χ4n) is 7.21. The summed E-state index contributed by atoms with van der Waals surface area (Å²) in [6, 6.07) is 0. The largest absolute Gasteiger partial charge is 0.256 e. The van der Waals surface area contributed by atoms with Gasteiger partial charge < -0.3 is 0 Å². The van der Waals surface area contributed by atoms with Crippen molar-refractivity contribution in [2.75, 3.05) is 0 Å². The van der Waals surface area contributed by atoms with Gasteiger partial charge in [0.15, 0.2) is 0 Å². The van der Waals surface area contributed by atoms with E-state index in [9.17, 15) is 0 Å². The highest BCUT2D eigenvalue weighted by atomic mass is 15.1. The summed E-state index contributed by atoms with van der Waals surface area (Å²) in [6.45, 7) is 9.41. The van der Waals surface area contributed by atoms with Gasteiger partial charge in [-0.2, -0.15) is 0 Å². The predicted octanol–water partition coefficient (Wildman–Crippen LogP) is 14.6. The highest BCUT2D eigenvalue weighted by Crippen LogP contribution is 2.16. The first kappa shape index (κ1) is 42.2. The molecule has 2 nitrogen and oxygen atoms in total. The van der Waals surface area contributed by atoms with Gasteiger partial charge in [-0.1, -0.05) is 207 Å². The van der Waals surface area contributed by atoms with E-state index in [0.29, 0.717) is 0 Å². The SMILES string of the molecule is CCCCCCCCCCCCCCCCc1n(CCCCCCCCCCCCC)cc[n+]1CCCCCCCCCCC. The molecule has 0 unspecified atom stereocenters. The van der Waals surface area contributed by atoms with Crippen LogP contribution in [0.15, 0.2) is 12.4 Å². The Balaban J connectivity index is 2.28. The van der Waals surface area contributed by atoms with Crippen LogP contribution in [0.25, 0.3) is 0 Å². The average molecular weight is 630 g/mol. The molecule has 45 heavy (non-hydrogen) atoms. The molecule has 0 fully saturated rings. The minimum Gasteiger partial charge on any atom is -0.234 e. The number of aromatic nitrogens is 2. The molecule has 0 N–H and O–H groups in total. The van der Waals surface area contributed by atoms with Gasteiger partial charge in [-0.3, -0.25) is 0 Å². The van der Waals surface area contributed by atoms with Crippen molar-refractivity contribution < 1.29 is 4.57 Å². The zero-order valence-electron chi connectivity index (χ0n) is 31.7. The highest BCUT2D eigenvalue weighted by Gasteiger charge is 2.16. The third kappa shape index (κ3) is 26.9. The number of rotatable bonds is 37. The molecule has 1 rings (SSSR count). The van der Waals surface area contributed by atoms with Crippen LogP contribution < -0.4 is 4.57 Å². The third-order valence-corrected chi connectivity index (χ3v) is 10.3. The standard InChI is InChI=1S/C43H85N2/c1-4-7-10-13-16-19-21-22-23-24-26-29-32-35-38-43-44(39-36-33-30-27-18-15-12-9-6-3)41-42-45(43)40-37-34-31-28-25-20-17-14-11-8-5-2/h41-42H,4-40H2,1-3H3/q+1. The molecular formula is C43H85N2+. The van der Waals surface area contributed by atoms with Crippen molar-refractivity contribution in [2.24, 2.45) is 0 Å². The van der Waals surface area contributed by atoms with Crippen molar-refractivity contribution in [3.05, 3.63) is 18.2 Å². The van der Waals surface area contributed by atoms with Gasteiger partial charge in [0.05, 0.1) is 13.1 Å². The number of aryl methyl sites for hydroxylation is 2. The Morgan fingerprint density at radius 3 is 1.07 bits per heavy atom. The van der Waals surface area contributed by atoms with Crippen LogP contribution in [0.2, 0.25) is 0 Å². The maximum atomic E-state index is 2.64. The quantitative estimate of drug-likeness (QED) is 0.0511. The highest BCUT2D eigenvalue weighted by molar-refractivity contribution is 4.84. The molecule has 0 aromatic carbocycles. The van der Waals surface area contributed by atoms with Crippen molar-refractivity contribution in [3.8, 4) is 0 Å². The Bertz CT molecular complexity index is 692. The second-order valence-corrected chi connectivity index (χ2v) is 14.8. The summed E-state index contributed by atoms with van der Waals surface area (Å²) in [6.07, 6.45) is 54.9. The monoisotopic (exact) mass is 630 g/mol. The van der Waals surface area contributed by atoms with Gasteiger partial charge in [0.1, 0.15) is 12.4 Å². The van der Waals surface area contributed by atoms with Crippen molar-refractivity contribution in [3.63, 3.8) is 0 Å². The van der Waals surface area contributed by atoms with Crippen molar-refractivity contribution in [1.29, 1.82) is 0 Å². The van der Waals surface area contributed by atoms with Gasteiger partial charge in [-0.05, 0) is 32.1 Å². The van der Waals surface area contributed by atoms with Gasteiger partial charge in [0, 0.05) is 6.42 Å².